The number of benzene rings is 1. The van der Waals surface area contributed by atoms with Crippen LogP contribution < -0.4 is 15.0 Å². The molecule has 4 rings (SSSR count). The number of hydrogen-bond acceptors (Lipinski definition) is 6. The monoisotopic (exact) mass is 338 g/mol. The van der Waals surface area contributed by atoms with E-state index in [4.69, 9.17) is 4.42 Å². The molecule has 24 heavy (non-hydrogen) atoms. The highest BCUT2D eigenvalue weighted by molar-refractivity contribution is 7.15. The van der Waals surface area contributed by atoms with E-state index < -0.39 is 0 Å². The number of aromatic nitrogens is 3. The van der Waals surface area contributed by atoms with Gasteiger partial charge in [-0.2, -0.15) is 9.50 Å². The van der Waals surface area contributed by atoms with Crippen LogP contribution in [-0.4, -0.2) is 28.7 Å². The Morgan fingerprint density at radius 1 is 1.21 bits per heavy atom. The molecule has 0 unspecified atom stereocenters. The molecule has 0 saturated carbocycles. The third-order valence-corrected chi connectivity index (χ3v) is 4.59. The van der Waals surface area contributed by atoms with Gasteiger partial charge in [-0.1, -0.05) is 23.5 Å². The number of furan rings is 1. The van der Waals surface area contributed by atoms with Crippen LogP contribution >= 0.6 is 11.3 Å². The van der Waals surface area contributed by atoms with E-state index >= 15 is 0 Å². The summed E-state index contributed by atoms with van der Waals surface area (Å²) in [5, 5.41) is 4.24. The number of thiazole rings is 1. The molecule has 0 spiro atoms. The van der Waals surface area contributed by atoms with Crippen molar-refractivity contribution in [3.63, 3.8) is 0 Å². The molecular formula is C17H14N4O2S. The van der Waals surface area contributed by atoms with Crippen molar-refractivity contribution in [2.45, 2.75) is 0 Å². The van der Waals surface area contributed by atoms with Crippen molar-refractivity contribution < 1.29 is 4.42 Å². The first-order valence-electron chi connectivity index (χ1n) is 7.34. The molecule has 0 bridgehead atoms. The molecule has 1 aromatic carbocycles. The van der Waals surface area contributed by atoms with E-state index in [1.54, 1.807) is 18.4 Å². The van der Waals surface area contributed by atoms with Gasteiger partial charge in [-0.3, -0.25) is 4.79 Å². The second-order valence-corrected chi connectivity index (χ2v) is 6.52. The van der Waals surface area contributed by atoms with Gasteiger partial charge in [0.15, 0.2) is 5.76 Å². The van der Waals surface area contributed by atoms with Gasteiger partial charge in [-0.25, -0.2) is 0 Å². The predicted molar refractivity (Wildman–Crippen MR) is 94.4 cm³/mol. The van der Waals surface area contributed by atoms with Gasteiger partial charge < -0.3 is 9.32 Å². The number of fused-ring (bicyclic) bond motifs is 1. The predicted octanol–water partition coefficient (Wildman–Crippen LogP) is 2.02. The fraction of sp³-hybridized carbons (Fsp3) is 0.118. The molecular weight excluding hydrogens is 324 g/mol. The van der Waals surface area contributed by atoms with Gasteiger partial charge in [0.2, 0.25) is 10.8 Å². The summed E-state index contributed by atoms with van der Waals surface area (Å²) in [7, 11) is 3.98. The molecule has 0 saturated heterocycles. The molecule has 3 aromatic heterocycles. The lowest BCUT2D eigenvalue weighted by molar-refractivity contribution is 0.577. The molecule has 0 radical (unpaired) electrons. The molecule has 7 heteroatoms. The maximum absolute atomic E-state index is 12.5. The smallest absolute Gasteiger partial charge is 0.291 e. The quantitative estimate of drug-likeness (QED) is 0.572. The Kier molecular flexibility index (Phi) is 3.42. The van der Waals surface area contributed by atoms with Gasteiger partial charge in [0.05, 0.1) is 10.8 Å². The fourth-order valence-electron chi connectivity index (χ4n) is 2.36. The van der Waals surface area contributed by atoms with E-state index in [-0.39, 0.29) is 5.56 Å². The maximum atomic E-state index is 12.5. The Balaban J connectivity index is 1.76. The lowest BCUT2D eigenvalue weighted by Crippen LogP contribution is -2.23. The van der Waals surface area contributed by atoms with Gasteiger partial charge in [0.1, 0.15) is 0 Å². The molecule has 3 heterocycles. The fourth-order valence-corrected chi connectivity index (χ4v) is 3.27. The van der Waals surface area contributed by atoms with Gasteiger partial charge in [0, 0.05) is 19.8 Å². The van der Waals surface area contributed by atoms with Crippen LogP contribution in [0.3, 0.4) is 0 Å². The van der Waals surface area contributed by atoms with Crippen LogP contribution in [0.15, 0.2) is 51.9 Å². The van der Waals surface area contributed by atoms with E-state index in [0.29, 0.717) is 21.1 Å². The van der Waals surface area contributed by atoms with Crippen molar-refractivity contribution in [2.24, 2.45) is 0 Å². The zero-order valence-electron chi connectivity index (χ0n) is 13.1. The van der Waals surface area contributed by atoms with Crippen molar-refractivity contribution in [1.82, 2.24) is 14.6 Å². The van der Waals surface area contributed by atoms with Crippen LogP contribution in [0.2, 0.25) is 0 Å². The molecule has 120 valence electrons. The summed E-state index contributed by atoms with van der Waals surface area (Å²) >= 11 is 1.32. The van der Waals surface area contributed by atoms with E-state index in [2.05, 4.69) is 10.1 Å². The number of nitrogens with zero attached hydrogens (tertiary/aromatic N) is 4. The molecule has 0 N–H and O–H groups in total. The van der Waals surface area contributed by atoms with Gasteiger partial charge in [-0.05, 0) is 35.9 Å². The summed E-state index contributed by atoms with van der Waals surface area (Å²) < 4.78 is 7.19. The second-order valence-electron chi connectivity index (χ2n) is 5.51. The topological polar surface area (TPSA) is 63.6 Å². The largest absolute Gasteiger partial charge is 0.461 e. The van der Waals surface area contributed by atoms with Crippen LogP contribution in [0.5, 0.6) is 0 Å². The highest BCUT2D eigenvalue weighted by Gasteiger charge is 2.13. The van der Waals surface area contributed by atoms with Crippen molar-refractivity contribution in [2.75, 3.05) is 19.0 Å². The molecule has 4 aromatic rings. The minimum absolute atomic E-state index is 0.169. The molecule has 0 aliphatic rings. The highest BCUT2D eigenvalue weighted by atomic mass is 32.1. The number of anilines is 1. The standard InChI is InChI=1S/C17H14N4O2S/c1-20(2)12-7-5-11(6-8-12)10-14-16(22)21-17(24-14)18-15(19-21)13-4-3-9-23-13/h3-10H,1-2H3/b14-10-. The van der Waals surface area contributed by atoms with Crippen molar-refractivity contribution in [3.8, 4) is 11.6 Å². The second kappa shape index (κ2) is 5.61. The summed E-state index contributed by atoms with van der Waals surface area (Å²) in [6, 6.07) is 11.5. The van der Waals surface area contributed by atoms with Crippen molar-refractivity contribution >= 4 is 28.1 Å². The van der Waals surface area contributed by atoms with Gasteiger partial charge in [0.25, 0.3) is 5.56 Å². The zero-order valence-corrected chi connectivity index (χ0v) is 13.9. The SMILES string of the molecule is CN(C)c1ccc(/C=c2\sc3nc(-c4ccco4)nn3c2=O)cc1. The summed E-state index contributed by atoms with van der Waals surface area (Å²) in [5.74, 6) is 0.973. The average Bonchev–Trinajstić information content (AvgIpc) is 3.27. The molecule has 6 nitrogen and oxygen atoms in total. The first kappa shape index (κ1) is 14.6. The Morgan fingerprint density at radius 3 is 2.62 bits per heavy atom. The molecule has 0 aliphatic heterocycles. The van der Waals surface area contributed by atoms with Crippen LogP contribution in [0.1, 0.15) is 5.56 Å². The van der Waals surface area contributed by atoms with E-state index in [1.807, 2.05) is 49.3 Å². The summed E-state index contributed by atoms with van der Waals surface area (Å²) in [5.41, 5.74) is 1.91. The van der Waals surface area contributed by atoms with Crippen LogP contribution in [-0.2, 0) is 0 Å². The zero-order chi connectivity index (χ0) is 16.7. The van der Waals surface area contributed by atoms with E-state index in [9.17, 15) is 4.79 Å². The first-order valence-corrected chi connectivity index (χ1v) is 8.16. The Labute approximate surface area is 141 Å². The summed E-state index contributed by atoms with van der Waals surface area (Å²) in [6.45, 7) is 0. The Morgan fingerprint density at radius 2 is 2.00 bits per heavy atom. The van der Waals surface area contributed by atoms with Gasteiger partial charge in [-0.15, -0.1) is 5.10 Å². The van der Waals surface area contributed by atoms with Gasteiger partial charge >= 0.3 is 0 Å². The molecule has 0 aliphatic carbocycles. The normalized spacial score (nSPS) is 12.2. The minimum atomic E-state index is -0.169. The van der Waals surface area contributed by atoms with Crippen LogP contribution in [0, 0.1) is 0 Å². The lowest BCUT2D eigenvalue weighted by Gasteiger charge is -2.11. The Hall–Kier alpha value is -2.93. The number of hydrogen-bond donors (Lipinski definition) is 0. The third kappa shape index (κ3) is 2.48. The summed E-state index contributed by atoms with van der Waals surface area (Å²) in [4.78, 5) is 19.4. The first-order chi connectivity index (χ1) is 11.6. The van der Waals surface area contributed by atoms with Crippen LogP contribution in [0.25, 0.3) is 22.6 Å². The minimum Gasteiger partial charge on any atom is -0.461 e. The third-order valence-electron chi connectivity index (χ3n) is 3.63. The molecule has 0 fully saturated rings. The summed E-state index contributed by atoms with van der Waals surface area (Å²) in [6.07, 6.45) is 3.41. The van der Waals surface area contributed by atoms with Crippen LogP contribution in [0.4, 0.5) is 5.69 Å². The molecule has 0 amide bonds. The number of rotatable bonds is 3. The highest BCUT2D eigenvalue weighted by Crippen LogP contribution is 2.17. The Bertz CT molecular complexity index is 1090. The average molecular weight is 338 g/mol. The maximum Gasteiger partial charge on any atom is 0.291 e. The van der Waals surface area contributed by atoms with E-state index in [0.717, 1.165) is 11.3 Å². The molecule has 0 atom stereocenters. The van der Waals surface area contributed by atoms with Crippen molar-refractivity contribution in [1.29, 1.82) is 0 Å². The lowest BCUT2D eigenvalue weighted by atomic mass is 10.2. The van der Waals surface area contributed by atoms with Crippen molar-refractivity contribution in [3.05, 3.63) is 63.1 Å². The van der Waals surface area contributed by atoms with E-state index in [1.165, 1.54) is 15.9 Å².